The molecule has 0 spiro atoms. The minimum absolute atomic E-state index is 0.0728. The second kappa shape index (κ2) is 10.1. The number of aryl methyl sites for hydroxylation is 1. The first-order valence-electron chi connectivity index (χ1n) is 10.6. The first-order chi connectivity index (χ1) is 14.5. The molecule has 0 radical (unpaired) electrons. The van der Waals surface area contributed by atoms with Crippen molar-refractivity contribution in [2.75, 3.05) is 18.4 Å². The SMILES string of the molecule is CCCCNC(=O)C1CCCN1C(=O)c1ccc(NC(=O)c2ccccc2C)cc1. The van der Waals surface area contributed by atoms with E-state index in [4.69, 9.17) is 0 Å². The first-order valence-corrected chi connectivity index (χ1v) is 10.6. The van der Waals surface area contributed by atoms with E-state index >= 15 is 0 Å². The molecule has 2 N–H and O–H groups in total. The number of hydrogen-bond donors (Lipinski definition) is 2. The summed E-state index contributed by atoms with van der Waals surface area (Å²) in [6.07, 6.45) is 3.46. The van der Waals surface area contributed by atoms with Crippen LogP contribution in [0, 0.1) is 6.92 Å². The second-order valence-electron chi connectivity index (χ2n) is 7.65. The lowest BCUT2D eigenvalue weighted by Crippen LogP contribution is -2.46. The van der Waals surface area contributed by atoms with Gasteiger partial charge in [-0.2, -0.15) is 0 Å². The molecule has 6 nitrogen and oxygen atoms in total. The van der Waals surface area contributed by atoms with Gasteiger partial charge >= 0.3 is 0 Å². The smallest absolute Gasteiger partial charge is 0.255 e. The first kappa shape index (κ1) is 21.6. The number of hydrogen-bond acceptors (Lipinski definition) is 3. The molecule has 6 heteroatoms. The summed E-state index contributed by atoms with van der Waals surface area (Å²) in [4.78, 5) is 39.5. The van der Waals surface area contributed by atoms with Crippen LogP contribution in [-0.4, -0.2) is 41.8 Å². The molecule has 1 fully saturated rings. The Bertz CT molecular complexity index is 908. The van der Waals surface area contributed by atoms with Gasteiger partial charge in [0.1, 0.15) is 6.04 Å². The van der Waals surface area contributed by atoms with E-state index in [2.05, 4.69) is 17.6 Å². The van der Waals surface area contributed by atoms with E-state index < -0.39 is 6.04 Å². The molecule has 0 saturated carbocycles. The number of likely N-dealkylation sites (tertiary alicyclic amines) is 1. The van der Waals surface area contributed by atoms with Crippen molar-refractivity contribution in [3.63, 3.8) is 0 Å². The van der Waals surface area contributed by atoms with Crippen LogP contribution >= 0.6 is 0 Å². The van der Waals surface area contributed by atoms with Crippen LogP contribution in [-0.2, 0) is 4.79 Å². The Morgan fingerprint density at radius 3 is 2.50 bits per heavy atom. The molecule has 1 heterocycles. The maximum atomic E-state index is 12.9. The van der Waals surface area contributed by atoms with Gasteiger partial charge in [-0.15, -0.1) is 0 Å². The fourth-order valence-electron chi connectivity index (χ4n) is 3.68. The van der Waals surface area contributed by atoms with E-state index in [-0.39, 0.29) is 17.7 Å². The van der Waals surface area contributed by atoms with Crippen LogP contribution in [0.2, 0.25) is 0 Å². The minimum Gasteiger partial charge on any atom is -0.354 e. The summed E-state index contributed by atoms with van der Waals surface area (Å²) in [5.41, 5.74) is 2.65. The van der Waals surface area contributed by atoms with Crippen molar-refractivity contribution in [1.82, 2.24) is 10.2 Å². The summed E-state index contributed by atoms with van der Waals surface area (Å²) in [6, 6.07) is 13.8. The highest BCUT2D eigenvalue weighted by molar-refractivity contribution is 6.05. The Kier molecular flexibility index (Phi) is 7.22. The average Bonchev–Trinajstić information content (AvgIpc) is 3.24. The number of benzene rings is 2. The Morgan fingerprint density at radius 1 is 1.07 bits per heavy atom. The molecular weight excluding hydrogens is 378 g/mol. The molecule has 3 rings (SSSR count). The van der Waals surface area contributed by atoms with Gasteiger partial charge in [-0.05, 0) is 62.1 Å². The summed E-state index contributed by atoms with van der Waals surface area (Å²) in [5, 5.41) is 5.79. The molecule has 0 bridgehead atoms. The lowest BCUT2D eigenvalue weighted by molar-refractivity contribution is -0.124. The highest BCUT2D eigenvalue weighted by Crippen LogP contribution is 2.21. The normalized spacial score (nSPS) is 15.7. The fraction of sp³-hybridized carbons (Fsp3) is 0.375. The summed E-state index contributed by atoms with van der Waals surface area (Å²) >= 11 is 0. The molecule has 158 valence electrons. The predicted molar refractivity (Wildman–Crippen MR) is 118 cm³/mol. The fourth-order valence-corrected chi connectivity index (χ4v) is 3.68. The Labute approximate surface area is 177 Å². The maximum Gasteiger partial charge on any atom is 0.255 e. The number of unbranched alkanes of at least 4 members (excludes halogenated alkanes) is 1. The van der Waals surface area contributed by atoms with Crippen LogP contribution in [0.1, 0.15) is 58.9 Å². The van der Waals surface area contributed by atoms with Gasteiger partial charge in [0.05, 0.1) is 0 Å². The molecule has 1 unspecified atom stereocenters. The predicted octanol–water partition coefficient (Wildman–Crippen LogP) is 3.77. The zero-order valence-corrected chi connectivity index (χ0v) is 17.6. The molecule has 3 amide bonds. The van der Waals surface area contributed by atoms with Gasteiger partial charge < -0.3 is 15.5 Å². The molecule has 1 saturated heterocycles. The Balaban J connectivity index is 1.64. The van der Waals surface area contributed by atoms with E-state index in [1.807, 2.05) is 25.1 Å². The van der Waals surface area contributed by atoms with E-state index in [9.17, 15) is 14.4 Å². The lowest BCUT2D eigenvalue weighted by atomic mass is 10.1. The van der Waals surface area contributed by atoms with Crippen LogP contribution in [0.5, 0.6) is 0 Å². The van der Waals surface area contributed by atoms with Gasteiger partial charge in [-0.1, -0.05) is 31.5 Å². The zero-order valence-electron chi connectivity index (χ0n) is 17.6. The average molecular weight is 408 g/mol. The van der Waals surface area contributed by atoms with Gasteiger partial charge in [-0.25, -0.2) is 0 Å². The van der Waals surface area contributed by atoms with Crippen molar-refractivity contribution < 1.29 is 14.4 Å². The van der Waals surface area contributed by atoms with Crippen molar-refractivity contribution in [3.05, 3.63) is 65.2 Å². The highest BCUT2D eigenvalue weighted by Gasteiger charge is 2.34. The number of carbonyl (C=O) groups is 3. The minimum atomic E-state index is -0.408. The molecule has 30 heavy (non-hydrogen) atoms. The van der Waals surface area contributed by atoms with Crippen molar-refractivity contribution in [1.29, 1.82) is 0 Å². The van der Waals surface area contributed by atoms with Gasteiger partial charge in [0, 0.05) is 29.9 Å². The van der Waals surface area contributed by atoms with Gasteiger partial charge in [0.2, 0.25) is 5.91 Å². The van der Waals surface area contributed by atoms with Crippen molar-refractivity contribution >= 4 is 23.4 Å². The number of nitrogens with zero attached hydrogens (tertiary/aromatic N) is 1. The van der Waals surface area contributed by atoms with Crippen LogP contribution in [0.4, 0.5) is 5.69 Å². The third-order valence-electron chi connectivity index (χ3n) is 5.43. The van der Waals surface area contributed by atoms with Crippen LogP contribution < -0.4 is 10.6 Å². The maximum absolute atomic E-state index is 12.9. The number of nitrogens with one attached hydrogen (secondary N) is 2. The molecule has 1 aliphatic rings. The molecule has 1 aliphatic heterocycles. The number of anilines is 1. The molecule has 0 aromatic heterocycles. The van der Waals surface area contributed by atoms with Gasteiger partial charge in [-0.3, -0.25) is 14.4 Å². The van der Waals surface area contributed by atoms with Crippen LogP contribution in [0.25, 0.3) is 0 Å². The molecule has 1 atom stereocenters. The summed E-state index contributed by atoms with van der Waals surface area (Å²) in [5.74, 6) is -0.410. The van der Waals surface area contributed by atoms with Crippen molar-refractivity contribution in [3.8, 4) is 0 Å². The molecule has 0 aliphatic carbocycles. The summed E-state index contributed by atoms with van der Waals surface area (Å²) in [7, 11) is 0. The van der Waals surface area contributed by atoms with Crippen LogP contribution in [0.3, 0.4) is 0 Å². The Hall–Kier alpha value is -3.15. The largest absolute Gasteiger partial charge is 0.354 e. The zero-order chi connectivity index (χ0) is 21.5. The van der Waals surface area contributed by atoms with Crippen molar-refractivity contribution in [2.24, 2.45) is 0 Å². The summed E-state index contributed by atoms with van der Waals surface area (Å²) < 4.78 is 0. The Morgan fingerprint density at radius 2 is 1.80 bits per heavy atom. The summed E-state index contributed by atoms with van der Waals surface area (Å²) in [6.45, 7) is 5.19. The lowest BCUT2D eigenvalue weighted by Gasteiger charge is -2.24. The van der Waals surface area contributed by atoms with E-state index in [0.717, 1.165) is 24.8 Å². The van der Waals surface area contributed by atoms with E-state index in [1.54, 1.807) is 35.2 Å². The number of amides is 3. The standard InChI is InChI=1S/C24H29N3O3/c1-3-4-15-25-23(29)21-10-7-16-27(21)24(30)18-11-13-19(14-12-18)26-22(28)20-9-6-5-8-17(20)2/h5-6,8-9,11-14,21H,3-4,7,10,15-16H2,1-2H3,(H,25,29)(H,26,28). The number of rotatable bonds is 7. The quantitative estimate of drug-likeness (QED) is 0.686. The van der Waals surface area contributed by atoms with E-state index in [1.165, 1.54) is 0 Å². The topological polar surface area (TPSA) is 78.5 Å². The molecule has 2 aromatic carbocycles. The van der Waals surface area contributed by atoms with E-state index in [0.29, 0.717) is 36.3 Å². The van der Waals surface area contributed by atoms with Gasteiger partial charge in [0.15, 0.2) is 0 Å². The molecular formula is C24H29N3O3. The second-order valence-corrected chi connectivity index (χ2v) is 7.65. The van der Waals surface area contributed by atoms with Gasteiger partial charge in [0.25, 0.3) is 11.8 Å². The monoisotopic (exact) mass is 407 g/mol. The van der Waals surface area contributed by atoms with Crippen molar-refractivity contribution in [2.45, 2.75) is 45.6 Å². The van der Waals surface area contributed by atoms with Crippen LogP contribution in [0.15, 0.2) is 48.5 Å². The third kappa shape index (κ3) is 5.06. The molecule has 2 aromatic rings. The number of carbonyl (C=O) groups excluding carboxylic acids is 3. The highest BCUT2D eigenvalue weighted by atomic mass is 16.2. The third-order valence-corrected chi connectivity index (χ3v) is 5.43.